The first-order valence-electron chi connectivity index (χ1n) is 10.2. The van der Waals surface area contributed by atoms with E-state index in [4.69, 9.17) is 9.97 Å². The first-order valence-corrected chi connectivity index (χ1v) is 11.8. The second kappa shape index (κ2) is 8.31. The zero-order chi connectivity index (χ0) is 18.8. The number of ketones is 2. The first kappa shape index (κ1) is 18.9. The number of aromatic nitrogens is 2. The number of hydrogen-bond acceptors (Lipinski definition) is 6. The molecule has 1 saturated carbocycles. The minimum atomic E-state index is 0.172. The maximum Gasteiger partial charge on any atom is 0.182 e. The lowest BCUT2D eigenvalue weighted by Crippen LogP contribution is -2.03. The van der Waals surface area contributed by atoms with Crippen LogP contribution in [0, 0.1) is 0 Å². The van der Waals surface area contributed by atoms with Crippen LogP contribution in [-0.4, -0.2) is 21.5 Å². The molecule has 1 fully saturated rings. The van der Waals surface area contributed by atoms with Crippen molar-refractivity contribution in [1.82, 2.24) is 9.97 Å². The van der Waals surface area contributed by atoms with E-state index in [1.807, 2.05) is 6.92 Å². The van der Waals surface area contributed by atoms with E-state index in [9.17, 15) is 9.59 Å². The second-order valence-electron chi connectivity index (χ2n) is 7.62. The number of Topliss-reactive ketones (excluding diaryl/α,β-unsaturated/α-hetero) is 2. The molecule has 0 spiro atoms. The van der Waals surface area contributed by atoms with E-state index in [1.165, 1.54) is 34.7 Å². The third kappa shape index (κ3) is 4.37. The predicted molar refractivity (Wildman–Crippen MR) is 110 cm³/mol. The predicted octanol–water partition coefficient (Wildman–Crippen LogP) is 5.75. The third-order valence-electron chi connectivity index (χ3n) is 5.40. The minimum absolute atomic E-state index is 0.172. The summed E-state index contributed by atoms with van der Waals surface area (Å²) < 4.78 is 0. The largest absolute Gasteiger partial charge is 0.300 e. The monoisotopic (exact) mass is 402 g/mol. The van der Waals surface area contributed by atoms with Gasteiger partial charge in [-0.2, -0.15) is 0 Å². The van der Waals surface area contributed by atoms with Crippen LogP contribution in [0.2, 0.25) is 0 Å². The molecule has 2 aliphatic carbocycles. The number of aryl methyl sites for hydroxylation is 2. The number of unbranched alkanes of at least 4 members (excludes halogenated alkanes) is 2. The fourth-order valence-corrected chi connectivity index (χ4v) is 6.03. The lowest BCUT2D eigenvalue weighted by Gasteiger charge is -2.01. The Kier molecular flexibility index (Phi) is 5.83. The topological polar surface area (TPSA) is 59.9 Å². The van der Waals surface area contributed by atoms with E-state index >= 15 is 0 Å². The fourth-order valence-electron chi connectivity index (χ4n) is 3.61. The van der Waals surface area contributed by atoms with Gasteiger partial charge in [-0.15, -0.1) is 22.7 Å². The molecule has 0 bridgehead atoms. The summed E-state index contributed by atoms with van der Waals surface area (Å²) in [4.78, 5) is 36.3. The summed E-state index contributed by atoms with van der Waals surface area (Å²) in [6.07, 6.45) is 10.3. The van der Waals surface area contributed by atoms with Crippen molar-refractivity contribution < 1.29 is 9.59 Å². The summed E-state index contributed by atoms with van der Waals surface area (Å²) in [5, 5.41) is 1.94. The molecule has 2 aromatic heterocycles. The van der Waals surface area contributed by atoms with Crippen LogP contribution in [0.3, 0.4) is 0 Å². The Hall–Kier alpha value is -1.40. The Bertz CT molecular complexity index is 827. The number of fused-ring (bicyclic) bond motifs is 1. The van der Waals surface area contributed by atoms with Crippen LogP contribution in [0.1, 0.15) is 96.6 Å². The van der Waals surface area contributed by atoms with Gasteiger partial charge in [0.05, 0.1) is 5.69 Å². The SMILES string of the molecule is CCC(=O)CCCCCC(=O)c1nc(-c2nc3c(s2)CCC3)sc1C1CC1. The average molecular weight is 403 g/mol. The summed E-state index contributed by atoms with van der Waals surface area (Å²) in [7, 11) is 0. The minimum Gasteiger partial charge on any atom is -0.300 e. The van der Waals surface area contributed by atoms with E-state index in [0.29, 0.717) is 36.7 Å². The highest BCUT2D eigenvalue weighted by Crippen LogP contribution is 2.47. The fraction of sp³-hybridized carbons (Fsp3) is 0.619. The Morgan fingerprint density at radius 2 is 1.78 bits per heavy atom. The Balaban J connectivity index is 1.41. The molecule has 6 heteroatoms. The Morgan fingerprint density at radius 3 is 2.52 bits per heavy atom. The van der Waals surface area contributed by atoms with Crippen molar-refractivity contribution in [3.8, 4) is 10.0 Å². The molecule has 0 N–H and O–H groups in total. The van der Waals surface area contributed by atoms with Crippen molar-refractivity contribution in [1.29, 1.82) is 0 Å². The normalized spacial score (nSPS) is 15.9. The van der Waals surface area contributed by atoms with Crippen molar-refractivity contribution in [2.45, 2.75) is 83.5 Å². The lowest BCUT2D eigenvalue weighted by molar-refractivity contribution is -0.118. The third-order valence-corrected chi connectivity index (χ3v) is 7.92. The molecule has 0 unspecified atom stereocenters. The van der Waals surface area contributed by atoms with Crippen LogP contribution in [0.25, 0.3) is 10.0 Å². The van der Waals surface area contributed by atoms with Crippen LogP contribution in [0.5, 0.6) is 0 Å². The highest BCUT2D eigenvalue weighted by molar-refractivity contribution is 7.21. The second-order valence-corrected chi connectivity index (χ2v) is 9.74. The molecule has 27 heavy (non-hydrogen) atoms. The molecule has 2 aliphatic rings. The van der Waals surface area contributed by atoms with Gasteiger partial charge in [0, 0.05) is 29.0 Å². The van der Waals surface area contributed by atoms with E-state index in [0.717, 1.165) is 42.1 Å². The van der Waals surface area contributed by atoms with Gasteiger partial charge in [-0.3, -0.25) is 9.59 Å². The van der Waals surface area contributed by atoms with Gasteiger partial charge in [-0.05, 0) is 50.9 Å². The zero-order valence-electron chi connectivity index (χ0n) is 15.9. The number of carbonyl (C=O) groups excluding carboxylic acids is 2. The van der Waals surface area contributed by atoms with Crippen LogP contribution in [-0.2, 0) is 17.6 Å². The van der Waals surface area contributed by atoms with Gasteiger partial charge in [-0.25, -0.2) is 9.97 Å². The van der Waals surface area contributed by atoms with Gasteiger partial charge >= 0.3 is 0 Å². The van der Waals surface area contributed by atoms with Crippen molar-refractivity contribution >= 4 is 34.2 Å². The van der Waals surface area contributed by atoms with E-state index in [-0.39, 0.29) is 5.78 Å². The highest BCUT2D eigenvalue weighted by Gasteiger charge is 2.32. The van der Waals surface area contributed by atoms with Gasteiger partial charge in [-0.1, -0.05) is 13.3 Å². The molecule has 0 aromatic carbocycles. The molecule has 0 amide bonds. The van der Waals surface area contributed by atoms with Gasteiger partial charge in [0.25, 0.3) is 0 Å². The van der Waals surface area contributed by atoms with Crippen LogP contribution in [0.15, 0.2) is 0 Å². The number of hydrogen-bond donors (Lipinski definition) is 0. The standard InChI is InChI=1S/C21H26N2O2S2/c1-2-14(24)7-4-3-5-9-16(25)18-19(13-11-12-13)27-21(23-18)20-22-15-8-6-10-17(15)26-20/h13H,2-12H2,1H3. The molecule has 0 aliphatic heterocycles. The summed E-state index contributed by atoms with van der Waals surface area (Å²) in [5.41, 5.74) is 1.95. The number of carbonyl (C=O) groups is 2. The van der Waals surface area contributed by atoms with Crippen LogP contribution >= 0.6 is 22.7 Å². The average Bonchev–Trinajstić information content (AvgIpc) is 3.07. The molecule has 0 saturated heterocycles. The smallest absolute Gasteiger partial charge is 0.182 e. The molecule has 4 nitrogen and oxygen atoms in total. The Labute approximate surface area is 168 Å². The van der Waals surface area contributed by atoms with Crippen molar-refractivity contribution in [3.63, 3.8) is 0 Å². The quantitative estimate of drug-likeness (QED) is 0.375. The maximum absolute atomic E-state index is 12.8. The summed E-state index contributed by atoms with van der Waals surface area (Å²) in [6.45, 7) is 1.90. The number of nitrogens with zero attached hydrogens (tertiary/aromatic N) is 2. The number of rotatable bonds is 10. The van der Waals surface area contributed by atoms with Gasteiger partial charge < -0.3 is 0 Å². The molecule has 4 rings (SSSR count). The lowest BCUT2D eigenvalue weighted by atomic mass is 10.0. The molecule has 2 aromatic rings. The summed E-state index contributed by atoms with van der Waals surface area (Å²) in [6, 6.07) is 0. The van der Waals surface area contributed by atoms with Gasteiger partial charge in [0.1, 0.15) is 11.5 Å². The summed E-state index contributed by atoms with van der Waals surface area (Å²) in [5.74, 6) is 1.02. The maximum atomic E-state index is 12.8. The van der Waals surface area contributed by atoms with E-state index in [2.05, 4.69) is 0 Å². The van der Waals surface area contributed by atoms with Crippen LogP contribution in [0.4, 0.5) is 0 Å². The molecular formula is C21H26N2O2S2. The van der Waals surface area contributed by atoms with Crippen LogP contribution < -0.4 is 0 Å². The molecule has 0 atom stereocenters. The molecule has 2 heterocycles. The number of thiazole rings is 2. The molecule has 0 radical (unpaired) electrons. The highest BCUT2D eigenvalue weighted by atomic mass is 32.1. The summed E-state index contributed by atoms with van der Waals surface area (Å²) >= 11 is 3.45. The first-order chi connectivity index (χ1) is 13.2. The zero-order valence-corrected chi connectivity index (χ0v) is 17.5. The van der Waals surface area contributed by atoms with E-state index in [1.54, 1.807) is 22.7 Å². The van der Waals surface area contributed by atoms with Crippen molar-refractivity contribution in [2.24, 2.45) is 0 Å². The van der Waals surface area contributed by atoms with Gasteiger partial charge in [0.2, 0.25) is 0 Å². The molecule has 144 valence electrons. The van der Waals surface area contributed by atoms with E-state index < -0.39 is 0 Å². The molecular weight excluding hydrogens is 376 g/mol. The Morgan fingerprint density at radius 1 is 1.00 bits per heavy atom. The van der Waals surface area contributed by atoms with Gasteiger partial charge in [0.15, 0.2) is 15.8 Å². The van der Waals surface area contributed by atoms with Crippen molar-refractivity contribution in [3.05, 3.63) is 21.1 Å². The van der Waals surface area contributed by atoms with Crippen molar-refractivity contribution in [2.75, 3.05) is 0 Å².